The van der Waals surface area contributed by atoms with Crippen LogP contribution in [0.1, 0.15) is 19.3 Å². The first-order chi connectivity index (χ1) is 4.49. The summed E-state index contributed by atoms with van der Waals surface area (Å²) in [6.45, 7) is 0. The lowest BCUT2D eigenvalue weighted by atomic mass is 9.50. The van der Waals surface area contributed by atoms with Crippen LogP contribution in [0.25, 0.3) is 0 Å². The average Bonchev–Trinajstić information content (AvgIpc) is 1.48. The van der Waals surface area contributed by atoms with Gasteiger partial charge in [-0.25, -0.2) is 13.1 Å². The fourth-order valence-electron chi connectivity index (χ4n) is 1.78. The quantitative estimate of drug-likeness (QED) is 0.620. The maximum absolute atomic E-state index is 10.7. The second-order valence-corrected chi connectivity index (χ2v) is 5.18. The predicted molar refractivity (Wildman–Crippen MR) is 37.8 cm³/mol. The summed E-state index contributed by atoms with van der Waals surface area (Å²) in [5.41, 5.74) is -0.0249. The van der Waals surface area contributed by atoms with Crippen molar-refractivity contribution in [2.75, 3.05) is 6.26 Å². The summed E-state index contributed by atoms with van der Waals surface area (Å²) >= 11 is 0. The van der Waals surface area contributed by atoms with Crippen LogP contribution in [-0.4, -0.2) is 20.2 Å². The van der Waals surface area contributed by atoms with Crippen LogP contribution in [0.2, 0.25) is 0 Å². The van der Waals surface area contributed by atoms with E-state index in [2.05, 4.69) is 4.72 Å². The fourth-order valence-corrected chi connectivity index (χ4v) is 2.78. The number of rotatable bonds is 2. The van der Waals surface area contributed by atoms with Gasteiger partial charge in [0.1, 0.15) is 0 Å². The van der Waals surface area contributed by atoms with Crippen molar-refractivity contribution >= 4 is 10.0 Å². The molecule has 0 spiro atoms. The van der Waals surface area contributed by atoms with Gasteiger partial charge < -0.3 is 0 Å². The van der Waals surface area contributed by atoms with E-state index in [0.29, 0.717) is 0 Å². The van der Waals surface area contributed by atoms with Gasteiger partial charge in [0.15, 0.2) is 0 Å². The molecule has 3 nitrogen and oxygen atoms in total. The molecular formula is C6H10NO2S. The van der Waals surface area contributed by atoms with E-state index < -0.39 is 10.0 Å². The molecule has 0 aliphatic heterocycles. The van der Waals surface area contributed by atoms with Gasteiger partial charge in [-0.15, -0.1) is 0 Å². The van der Waals surface area contributed by atoms with Crippen molar-refractivity contribution in [3.8, 4) is 0 Å². The van der Waals surface area contributed by atoms with Gasteiger partial charge in [-0.3, -0.25) is 0 Å². The standard InChI is InChI=1S/C6H10NO2S/c1-10(8,9)7-6-2-5(3-6)4-6/h7H,2-4H2,1H3. The lowest BCUT2D eigenvalue weighted by Gasteiger charge is -2.60. The molecule has 3 fully saturated rings. The summed E-state index contributed by atoms with van der Waals surface area (Å²) in [4.78, 5) is 0. The van der Waals surface area contributed by atoms with E-state index in [-0.39, 0.29) is 5.54 Å². The Hall–Kier alpha value is -0.0900. The van der Waals surface area contributed by atoms with Crippen molar-refractivity contribution in [2.24, 2.45) is 0 Å². The highest BCUT2D eigenvalue weighted by Crippen LogP contribution is 2.58. The van der Waals surface area contributed by atoms with Crippen molar-refractivity contribution < 1.29 is 8.42 Å². The van der Waals surface area contributed by atoms with Gasteiger partial charge in [-0.1, -0.05) is 0 Å². The molecule has 0 amide bonds. The van der Waals surface area contributed by atoms with Crippen LogP contribution in [0, 0.1) is 5.92 Å². The third-order valence-corrected chi connectivity index (χ3v) is 2.97. The Bertz CT molecular complexity index is 240. The van der Waals surface area contributed by atoms with E-state index in [1.54, 1.807) is 0 Å². The lowest BCUT2D eigenvalue weighted by Crippen LogP contribution is -2.66. The number of nitrogens with one attached hydrogen (secondary N) is 1. The first kappa shape index (κ1) is 6.61. The molecule has 57 valence electrons. The predicted octanol–water partition coefficient (Wildman–Crippen LogP) is 0.0464. The second-order valence-electron chi connectivity index (χ2n) is 3.43. The molecule has 3 aliphatic rings. The zero-order valence-corrected chi connectivity index (χ0v) is 6.66. The molecular weight excluding hydrogens is 150 g/mol. The Kier molecular flexibility index (Phi) is 1.03. The first-order valence-corrected chi connectivity index (χ1v) is 5.21. The Morgan fingerprint density at radius 2 is 1.90 bits per heavy atom. The van der Waals surface area contributed by atoms with Crippen LogP contribution < -0.4 is 4.72 Å². The largest absolute Gasteiger partial charge is 0.213 e. The van der Waals surface area contributed by atoms with Gasteiger partial charge in [0.25, 0.3) is 0 Å². The van der Waals surface area contributed by atoms with Crippen molar-refractivity contribution in [1.29, 1.82) is 0 Å². The zero-order chi connectivity index (χ0) is 7.41. The van der Waals surface area contributed by atoms with E-state index in [4.69, 9.17) is 0 Å². The maximum Gasteiger partial charge on any atom is 0.209 e. The van der Waals surface area contributed by atoms with E-state index in [0.717, 1.165) is 19.3 Å². The monoisotopic (exact) mass is 160 g/mol. The van der Waals surface area contributed by atoms with Gasteiger partial charge >= 0.3 is 0 Å². The van der Waals surface area contributed by atoms with Crippen molar-refractivity contribution in [1.82, 2.24) is 4.72 Å². The molecule has 3 aliphatic carbocycles. The molecule has 0 heterocycles. The summed E-state index contributed by atoms with van der Waals surface area (Å²) in [6, 6.07) is 0. The minimum absolute atomic E-state index is 0.0249. The topological polar surface area (TPSA) is 46.2 Å². The minimum Gasteiger partial charge on any atom is -0.213 e. The summed E-state index contributed by atoms with van der Waals surface area (Å²) in [7, 11) is -2.97. The fraction of sp³-hybridized carbons (Fsp3) is 0.833. The van der Waals surface area contributed by atoms with E-state index in [9.17, 15) is 8.42 Å². The van der Waals surface area contributed by atoms with Crippen LogP contribution in [0.15, 0.2) is 0 Å². The van der Waals surface area contributed by atoms with Crippen LogP contribution in [0.3, 0.4) is 0 Å². The third-order valence-electron chi connectivity index (χ3n) is 2.17. The summed E-state index contributed by atoms with van der Waals surface area (Å²) < 4.78 is 24.1. The Morgan fingerprint density at radius 3 is 2.00 bits per heavy atom. The second kappa shape index (κ2) is 1.56. The molecule has 4 heteroatoms. The smallest absolute Gasteiger partial charge is 0.209 e. The molecule has 0 aromatic heterocycles. The molecule has 2 bridgehead atoms. The number of hydrogen-bond donors (Lipinski definition) is 1. The van der Waals surface area contributed by atoms with Crippen molar-refractivity contribution in [2.45, 2.75) is 24.8 Å². The highest BCUT2D eigenvalue weighted by Gasteiger charge is 2.58. The Balaban J connectivity index is 2.03. The van der Waals surface area contributed by atoms with Crippen LogP contribution in [-0.2, 0) is 10.0 Å². The molecule has 0 aromatic carbocycles. The maximum atomic E-state index is 10.7. The minimum atomic E-state index is -2.97. The normalized spacial score (nSPS) is 28.9. The molecule has 0 atom stereocenters. The van der Waals surface area contributed by atoms with Gasteiger partial charge in [-0.2, -0.15) is 0 Å². The summed E-state index contributed by atoms with van der Waals surface area (Å²) in [5, 5.41) is 0. The van der Waals surface area contributed by atoms with Crippen LogP contribution in [0.4, 0.5) is 0 Å². The van der Waals surface area contributed by atoms with Gasteiger partial charge in [0, 0.05) is 5.54 Å². The third kappa shape index (κ3) is 0.864. The molecule has 0 unspecified atom stereocenters. The molecule has 3 rings (SSSR count). The zero-order valence-electron chi connectivity index (χ0n) is 5.85. The Labute approximate surface area is 60.9 Å². The van der Waals surface area contributed by atoms with Crippen molar-refractivity contribution in [3.05, 3.63) is 5.92 Å². The average molecular weight is 160 g/mol. The van der Waals surface area contributed by atoms with Crippen LogP contribution >= 0.6 is 0 Å². The summed E-state index contributed by atoms with van der Waals surface area (Å²) in [6.07, 6.45) is 4.18. The summed E-state index contributed by atoms with van der Waals surface area (Å²) in [5.74, 6) is 1.51. The highest BCUT2D eigenvalue weighted by atomic mass is 32.2. The molecule has 0 aromatic rings. The number of hydrogen-bond acceptors (Lipinski definition) is 2. The Morgan fingerprint density at radius 1 is 1.40 bits per heavy atom. The van der Waals surface area contributed by atoms with Gasteiger partial charge in [0.2, 0.25) is 10.0 Å². The first-order valence-electron chi connectivity index (χ1n) is 3.32. The SMILES string of the molecule is CS(=O)(=O)NC12C[C](C1)C2. The van der Waals surface area contributed by atoms with Gasteiger partial charge in [0.05, 0.1) is 6.26 Å². The van der Waals surface area contributed by atoms with Gasteiger partial charge in [-0.05, 0) is 25.2 Å². The molecule has 1 radical (unpaired) electrons. The molecule has 3 saturated carbocycles. The van der Waals surface area contributed by atoms with E-state index in [1.165, 1.54) is 12.2 Å². The van der Waals surface area contributed by atoms with E-state index in [1.807, 2.05) is 0 Å². The molecule has 10 heavy (non-hydrogen) atoms. The van der Waals surface area contributed by atoms with E-state index >= 15 is 0 Å². The number of sulfonamides is 1. The van der Waals surface area contributed by atoms with Crippen LogP contribution in [0.5, 0.6) is 0 Å². The highest BCUT2D eigenvalue weighted by molar-refractivity contribution is 7.88. The lowest BCUT2D eigenvalue weighted by molar-refractivity contribution is 0.111. The molecule has 0 saturated heterocycles. The molecule has 1 N–H and O–H groups in total. The van der Waals surface area contributed by atoms with Crippen molar-refractivity contribution in [3.63, 3.8) is 0 Å².